The number of carbonyl (C=O) groups is 1. The molecule has 16 heavy (non-hydrogen) atoms. The molecule has 1 aliphatic carbocycles. The Morgan fingerprint density at radius 2 is 2.00 bits per heavy atom. The maximum absolute atomic E-state index is 11.3. The lowest BCUT2D eigenvalue weighted by Crippen LogP contribution is -2.33. The van der Waals surface area contributed by atoms with Crippen molar-refractivity contribution in [3.05, 3.63) is 0 Å². The molecule has 0 heterocycles. The van der Waals surface area contributed by atoms with Crippen LogP contribution < -0.4 is 11.1 Å². The van der Waals surface area contributed by atoms with Crippen LogP contribution in [-0.4, -0.2) is 30.7 Å². The molecule has 0 atom stereocenters. The van der Waals surface area contributed by atoms with Gasteiger partial charge in [-0.1, -0.05) is 0 Å². The summed E-state index contributed by atoms with van der Waals surface area (Å²) < 4.78 is 5.67. The number of rotatable bonds is 5. The van der Waals surface area contributed by atoms with Gasteiger partial charge < -0.3 is 15.8 Å². The first-order valence-corrected chi connectivity index (χ1v) is 6.24. The van der Waals surface area contributed by atoms with Gasteiger partial charge in [0.15, 0.2) is 0 Å². The van der Waals surface area contributed by atoms with E-state index in [2.05, 4.69) is 5.32 Å². The minimum Gasteiger partial charge on any atom is -0.378 e. The number of nitrogens with one attached hydrogen (secondary N) is 1. The number of carbonyl (C=O) groups excluding carboxylic acids is 1. The number of ether oxygens (including phenoxy) is 1. The Kier molecular flexibility index (Phi) is 5.77. The first kappa shape index (κ1) is 13.5. The van der Waals surface area contributed by atoms with E-state index in [-0.39, 0.29) is 11.9 Å². The molecule has 0 aromatic rings. The lowest BCUT2D eigenvalue weighted by atomic mass is 9.94. The molecule has 0 bridgehead atoms. The highest BCUT2D eigenvalue weighted by Crippen LogP contribution is 2.19. The third-order valence-corrected chi connectivity index (χ3v) is 2.85. The lowest BCUT2D eigenvalue weighted by Gasteiger charge is -2.26. The zero-order valence-corrected chi connectivity index (χ0v) is 10.4. The highest BCUT2D eigenvalue weighted by molar-refractivity contribution is 5.76. The van der Waals surface area contributed by atoms with Gasteiger partial charge in [-0.05, 0) is 39.5 Å². The van der Waals surface area contributed by atoms with Gasteiger partial charge in [0, 0.05) is 18.5 Å². The Bertz CT molecular complexity index is 211. The molecule has 1 rings (SSSR count). The fourth-order valence-electron chi connectivity index (χ4n) is 1.97. The van der Waals surface area contributed by atoms with Crippen molar-refractivity contribution in [3.8, 4) is 0 Å². The van der Waals surface area contributed by atoms with Crippen LogP contribution in [0.25, 0.3) is 0 Å². The topological polar surface area (TPSA) is 64.3 Å². The van der Waals surface area contributed by atoms with E-state index in [9.17, 15) is 4.79 Å². The Balaban J connectivity index is 2.04. The summed E-state index contributed by atoms with van der Waals surface area (Å²) in [5.74, 6) is 0.0718. The molecule has 1 amide bonds. The maximum atomic E-state index is 11.3. The van der Waals surface area contributed by atoms with E-state index in [0.29, 0.717) is 25.2 Å². The van der Waals surface area contributed by atoms with Crippen molar-refractivity contribution in [1.29, 1.82) is 0 Å². The molecule has 0 radical (unpaired) electrons. The van der Waals surface area contributed by atoms with Crippen molar-refractivity contribution in [3.63, 3.8) is 0 Å². The molecule has 4 nitrogen and oxygen atoms in total. The first-order chi connectivity index (χ1) is 7.58. The van der Waals surface area contributed by atoms with Crippen molar-refractivity contribution in [2.24, 2.45) is 5.73 Å². The molecule has 1 fully saturated rings. The summed E-state index contributed by atoms with van der Waals surface area (Å²) in [7, 11) is 0. The van der Waals surface area contributed by atoms with Crippen LogP contribution in [0.1, 0.15) is 46.0 Å². The summed E-state index contributed by atoms with van der Waals surface area (Å²) in [4.78, 5) is 11.3. The van der Waals surface area contributed by atoms with Crippen LogP contribution in [-0.2, 0) is 9.53 Å². The molecule has 1 saturated carbocycles. The second kappa shape index (κ2) is 6.86. The molecule has 0 aromatic heterocycles. The second-order valence-corrected chi connectivity index (χ2v) is 4.88. The predicted molar refractivity (Wildman–Crippen MR) is 64.1 cm³/mol. The van der Waals surface area contributed by atoms with Crippen LogP contribution in [0.15, 0.2) is 0 Å². The fraction of sp³-hybridized carbons (Fsp3) is 0.917. The van der Waals surface area contributed by atoms with Gasteiger partial charge in [-0.15, -0.1) is 0 Å². The predicted octanol–water partition coefficient (Wildman–Crippen LogP) is 1.19. The van der Waals surface area contributed by atoms with Crippen molar-refractivity contribution in [2.45, 2.75) is 64.1 Å². The molecule has 1 aliphatic rings. The van der Waals surface area contributed by atoms with Gasteiger partial charge in [0.1, 0.15) is 0 Å². The second-order valence-electron chi connectivity index (χ2n) is 4.88. The van der Waals surface area contributed by atoms with E-state index in [1.165, 1.54) is 0 Å². The van der Waals surface area contributed by atoms with Crippen molar-refractivity contribution in [2.75, 3.05) is 6.61 Å². The van der Waals surface area contributed by atoms with E-state index >= 15 is 0 Å². The summed E-state index contributed by atoms with van der Waals surface area (Å²) in [5.41, 5.74) is 5.81. The largest absolute Gasteiger partial charge is 0.378 e. The van der Waals surface area contributed by atoms with Crippen molar-refractivity contribution in [1.82, 2.24) is 5.32 Å². The van der Waals surface area contributed by atoms with E-state index in [1.807, 2.05) is 13.8 Å². The average molecular weight is 228 g/mol. The van der Waals surface area contributed by atoms with Crippen LogP contribution in [0.4, 0.5) is 0 Å². The van der Waals surface area contributed by atoms with Gasteiger partial charge in [0.25, 0.3) is 0 Å². The number of hydrogen-bond donors (Lipinski definition) is 2. The summed E-state index contributed by atoms with van der Waals surface area (Å²) in [6.07, 6.45) is 4.93. The SMILES string of the molecule is CC(C)NC(=O)CCOC1CCC(N)CC1. The van der Waals surface area contributed by atoms with Crippen molar-refractivity contribution >= 4 is 5.91 Å². The lowest BCUT2D eigenvalue weighted by molar-refractivity contribution is -0.123. The Morgan fingerprint density at radius 3 is 2.56 bits per heavy atom. The number of hydrogen-bond acceptors (Lipinski definition) is 3. The molecule has 4 heteroatoms. The summed E-state index contributed by atoms with van der Waals surface area (Å²) in [6, 6.07) is 0.560. The molecule has 0 unspecified atom stereocenters. The standard InChI is InChI=1S/C12H24N2O2/c1-9(2)14-12(15)7-8-16-11-5-3-10(13)4-6-11/h9-11H,3-8,13H2,1-2H3,(H,14,15). The normalized spacial score (nSPS) is 25.8. The van der Waals surface area contributed by atoms with Gasteiger partial charge in [-0.2, -0.15) is 0 Å². The van der Waals surface area contributed by atoms with E-state index in [4.69, 9.17) is 10.5 Å². The molecule has 3 N–H and O–H groups in total. The molecule has 0 aliphatic heterocycles. The smallest absolute Gasteiger partial charge is 0.222 e. The van der Waals surface area contributed by atoms with E-state index in [1.54, 1.807) is 0 Å². The molecule has 0 spiro atoms. The van der Waals surface area contributed by atoms with Crippen LogP contribution in [0.3, 0.4) is 0 Å². The zero-order valence-electron chi connectivity index (χ0n) is 10.4. The summed E-state index contributed by atoms with van der Waals surface area (Å²) in [6.45, 7) is 4.45. The minimum absolute atomic E-state index is 0.0718. The number of amides is 1. The Morgan fingerprint density at radius 1 is 1.38 bits per heavy atom. The van der Waals surface area contributed by atoms with Gasteiger partial charge in [-0.3, -0.25) is 4.79 Å². The highest BCUT2D eigenvalue weighted by atomic mass is 16.5. The maximum Gasteiger partial charge on any atom is 0.222 e. The van der Waals surface area contributed by atoms with Crippen LogP contribution in [0.2, 0.25) is 0 Å². The van der Waals surface area contributed by atoms with Crippen LogP contribution >= 0.6 is 0 Å². The molecule has 0 aromatic carbocycles. The molecular weight excluding hydrogens is 204 g/mol. The van der Waals surface area contributed by atoms with E-state index < -0.39 is 0 Å². The average Bonchev–Trinajstić information content (AvgIpc) is 2.20. The molecular formula is C12H24N2O2. The van der Waals surface area contributed by atoms with Gasteiger partial charge in [0.2, 0.25) is 5.91 Å². The van der Waals surface area contributed by atoms with Crippen LogP contribution in [0, 0.1) is 0 Å². The van der Waals surface area contributed by atoms with Crippen LogP contribution in [0.5, 0.6) is 0 Å². The third-order valence-electron chi connectivity index (χ3n) is 2.85. The summed E-state index contributed by atoms with van der Waals surface area (Å²) >= 11 is 0. The zero-order chi connectivity index (χ0) is 12.0. The minimum atomic E-state index is 0.0718. The van der Waals surface area contributed by atoms with Crippen molar-refractivity contribution < 1.29 is 9.53 Å². The fourth-order valence-corrected chi connectivity index (χ4v) is 1.97. The van der Waals surface area contributed by atoms with Gasteiger partial charge in [-0.25, -0.2) is 0 Å². The highest BCUT2D eigenvalue weighted by Gasteiger charge is 2.18. The molecule has 94 valence electrons. The Labute approximate surface area is 97.9 Å². The summed E-state index contributed by atoms with van der Waals surface area (Å²) in [5, 5.41) is 2.85. The first-order valence-electron chi connectivity index (χ1n) is 6.24. The Hall–Kier alpha value is -0.610. The monoisotopic (exact) mass is 228 g/mol. The van der Waals surface area contributed by atoms with E-state index in [0.717, 1.165) is 25.7 Å². The van der Waals surface area contributed by atoms with Gasteiger partial charge >= 0.3 is 0 Å². The third kappa shape index (κ3) is 5.47. The molecule has 0 saturated heterocycles. The van der Waals surface area contributed by atoms with Gasteiger partial charge in [0.05, 0.1) is 12.7 Å². The quantitative estimate of drug-likeness (QED) is 0.743. The number of nitrogens with two attached hydrogens (primary N) is 1.